The Hall–Kier alpha value is -2.20. The molecule has 0 saturated heterocycles. The van der Waals surface area contributed by atoms with Crippen molar-refractivity contribution in [1.29, 1.82) is 0 Å². The third-order valence-electron chi connectivity index (χ3n) is 3.52. The number of carbonyl (C=O) groups is 1. The molecule has 0 spiro atoms. The Morgan fingerprint density at radius 1 is 1.14 bits per heavy atom. The summed E-state index contributed by atoms with van der Waals surface area (Å²) in [5, 5.41) is 4.20. The van der Waals surface area contributed by atoms with Gasteiger partial charge in [0.25, 0.3) is 0 Å². The normalized spacial score (nSPS) is 11.0. The fraction of sp³-hybridized carbons (Fsp3) is 0.222. The molecule has 22 heavy (non-hydrogen) atoms. The number of ketones is 1. The number of hydrogen-bond donors (Lipinski definition) is 1. The molecular formula is C18H18N2OS. The molecule has 3 nitrogen and oxygen atoms in total. The summed E-state index contributed by atoms with van der Waals surface area (Å²) in [6.07, 6.45) is 0.499. The number of anilines is 2. The summed E-state index contributed by atoms with van der Waals surface area (Å²) in [5.74, 6) is 0.354. The maximum Gasteiger partial charge on any atom is 0.188 e. The summed E-state index contributed by atoms with van der Waals surface area (Å²) in [4.78, 5) is 16.3. The Bertz CT molecular complexity index is 757. The first-order chi connectivity index (χ1) is 10.6. The Morgan fingerprint density at radius 3 is 2.55 bits per heavy atom. The molecule has 112 valence electrons. The predicted molar refractivity (Wildman–Crippen MR) is 92.9 cm³/mol. The van der Waals surface area contributed by atoms with Crippen molar-refractivity contribution in [1.82, 2.24) is 4.98 Å². The van der Waals surface area contributed by atoms with Crippen LogP contribution in [0.25, 0.3) is 10.2 Å². The molecule has 3 aromatic rings. The lowest BCUT2D eigenvalue weighted by Crippen LogP contribution is -2.09. The van der Waals surface area contributed by atoms with Gasteiger partial charge >= 0.3 is 0 Å². The second-order valence-corrected chi connectivity index (χ2v) is 6.64. The standard InChI is InChI=1S/C18H18N2OS/c1-12(2)16(21)11-13-7-9-14(10-8-13)19-18-20-15-5-3-4-6-17(15)22-18/h3-10,12H,11H2,1-2H3,(H,19,20). The lowest BCUT2D eigenvalue weighted by Gasteiger charge is -2.06. The minimum Gasteiger partial charge on any atom is -0.332 e. The molecule has 0 amide bonds. The van der Waals surface area contributed by atoms with Crippen LogP contribution in [-0.4, -0.2) is 10.8 Å². The number of hydrogen-bond acceptors (Lipinski definition) is 4. The van der Waals surface area contributed by atoms with Gasteiger partial charge in [0.05, 0.1) is 10.2 Å². The van der Waals surface area contributed by atoms with Crippen LogP contribution in [0.5, 0.6) is 0 Å². The minimum atomic E-state index is 0.0838. The van der Waals surface area contributed by atoms with Crippen molar-refractivity contribution in [3.8, 4) is 0 Å². The molecule has 0 unspecified atom stereocenters. The SMILES string of the molecule is CC(C)C(=O)Cc1ccc(Nc2nc3ccccc3s2)cc1. The van der Waals surface area contributed by atoms with Crippen LogP contribution >= 0.6 is 11.3 Å². The van der Waals surface area contributed by atoms with Crippen molar-refractivity contribution in [2.75, 3.05) is 5.32 Å². The average molecular weight is 310 g/mol. The lowest BCUT2D eigenvalue weighted by atomic mass is 10.0. The fourth-order valence-electron chi connectivity index (χ4n) is 2.16. The van der Waals surface area contributed by atoms with E-state index in [4.69, 9.17) is 0 Å². The smallest absolute Gasteiger partial charge is 0.188 e. The van der Waals surface area contributed by atoms with Crippen LogP contribution in [-0.2, 0) is 11.2 Å². The largest absolute Gasteiger partial charge is 0.332 e. The number of Topliss-reactive ketones (excluding diaryl/α,β-unsaturated/α-hetero) is 1. The monoisotopic (exact) mass is 310 g/mol. The number of para-hydroxylation sites is 1. The van der Waals surface area contributed by atoms with Gasteiger partial charge in [-0.1, -0.05) is 49.4 Å². The highest BCUT2D eigenvalue weighted by Crippen LogP contribution is 2.28. The van der Waals surface area contributed by atoms with Crippen LogP contribution in [0, 0.1) is 5.92 Å². The Morgan fingerprint density at radius 2 is 1.86 bits per heavy atom. The van der Waals surface area contributed by atoms with Crippen molar-refractivity contribution >= 4 is 38.2 Å². The Labute approximate surface area is 134 Å². The zero-order valence-corrected chi connectivity index (χ0v) is 13.5. The number of fused-ring (bicyclic) bond motifs is 1. The van der Waals surface area contributed by atoms with Gasteiger partial charge in [0.15, 0.2) is 5.13 Å². The molecule has 3 rings (SSSR count). The van der Waals surface area contributed by atoms with Crippen LogP contribution in [0.3, 0.4) is 0 Å². The van der Waals surface area contributed by atoms with Crippen LogP contribution in [0.1, 0.15) is 19.4 Å². The highest BCUT2D eigenvalue weighted by atomic mass is 32.1. The van der Waals surface area contributed by atoms with Gasteiger partial charge in [0.1, 0.15) is 5.78 Å². The molecule has 0 bridgehead atoms. The summed E-state index contributed by atoms with van der Waals surface area (Å²) >= 11 is 1.63. The molecule has 2 aromatic carbocycles. The summed E-state index contributed by atoms with van der Waals surface area (Å²) in [6, 6.07) is 16.1. The first kappa shape index (κ1) is 14.7. The van der Waals surface area contributed by atoms with Crippen LogP contribution in [0.2, 0.25) is 0 Å². The van der Waals surface area contributed by atoms with Gasteiger partial charge in [-0.25, -0.2) is 4.98 Å². The maximum atomic E-state index is 11.8. The highest BCUT2D eigenvalue weighted by Gasteiger charge is 2.08. The lowest BCUT2D eigenvalue weighted by molar-refractivity contribution is -0.121. The molecule has 1 N–H and O–H groups in total. The van der Waals surface area contributed by atoms with E-state index in [1.165, 1.54) is 4.70 Å². The van der Waals surface area contributed by atoms with E-state index in [2.05, 4.69) is 16.4 Å². The third kappa shape index (κ3) is 3.34. The van der Waals surface area contributed by atoms with E-state index in [1.54, 1.807) is 11.3 Å². The van der Waals surface area contributed by atoms with E-state index in [9.17, 15) is 4.79 Å². The van der Waals surface area contributed by atoms with E-state index >= 15 is 0 Å². The van der Waals surface area contributed by atoms with Crippen LogP contribution < -0.4 is 5.32 Å². The molecule has 0 saturated carbocycles. The van der Waals surface area contributed by atoms with Gasteiger partial charge < -0.3 is 5.32 Å². The Balaban J connectivity index is 1.71. The molecule has 0 atom stereocenters. The fourth-order valence-corrected chi connectivity index (χ4v) is 3.05. The summed E-state index contributed by atoms with van der Waals surface area (Å²) in [6.45, 7) is 3.87. The zero-order chi connectivity index (χ0) is 15.5. The van der Waals surface area contributed by atoms with Crippen molar-refractivity contribution in [3.63, 3.8) is 0 Å². The summed E-state index contributed by atoms with van der Waals surface area (Å²) < 4.78 is 1.17. The topological polar surface area (TPSA) is 42.0 Å². The maximum absolute atomic E-state index is 11.8. The van der Waals surface area contributed by atoms with E-state index in [1.807, 2.05) is 56.3 Å². The second-order valence-electron chi connectivity index (χ2n) is 5.61. The molecule has 1 heterocycles. The van der Waals surface area contributed by atoms with E-state index in [0.29, 0.717) is 6.42 Å². The van der Waals surface area contributed by atoms with E-state index in [0.717, 1.165) is 21.9 Å². The van der Waals surface area contributed by atoms with Crippen LogP contribution in [0.4, 0.5) is 10.8 Å². The third-order valence-corrected chi connectivity index (χ3v) is 4.47. The number of carbonyl (C=O) groups excluding carboxylic acids is 1. The molecule has 1 aromatic heterocycles. The van der Waals surface area contributed by atoms with Crippen molar-refractivity contribution in [3.05, 3.63) is 54.1 Å². The first-order valence-electron chi connectivity index (χ1n) is 7.36. The summed E-state index contributed by atoms with van der Waals surface area (Å²) in [5.41, 5.74) is 3.04. The number of benzene rings is 2. The molecule has 0 fully saturated rings. The van der Waals surface area contributed by atoms with Crippen LogP contribution in [0.15, 0.2) is 48.5 Å². The highest BCUT2D eigenvalue weighted by molar-refractivity contribution is 7.22. The Kier molecular flexibility index (Phi) is 4.20. The van der Waals surface area contributed by atoms with Gasteiger partial charge in [0, 0.05) is 18.0 Å². The number of nitrogens with one attached hydrogen (secondary N) is 1. The number of thiazole rings is 1. The van der Waals surface area contributed by atoms with Gasteiger partial charge in [0.2, 0.25) is 0 Å². The summed E-state index contributed by atoms with van der Waals surface area (Å²) in [7, 11) is 0. The van der Waals surface area contributed by atoms with E-state index in [-0.39, 0.29) is 11.7 Å². The molecular weight excluding hydrogens is 292 g/mol. The first-order valence-corrected chi connectivity index (χ1v) is 8.18. The number of aromatic nitrogens is 1. The van der Waals surface area contributed by atoms with Crippen molar-refractivity contribution in [2.24, 2.45) is 5.92 Å². The molecule has 0 aliphatic heterocycles. The quantitative estimate of drug-likeness (QED) is 0.735. The average Bonchev–Trinajstić information content (AvgIpc) is 2.91. The van der Waals surface area contributed by atoms with Gasteiger partial charge in [-0.15, -0.1) is 0 Å². The molecule has 0 aliphatic carbocycles. The van der Waals surface area contributed by atoms with Gasteiger partial charge in [-0.3, -0.25) is 4.79 Å². The van der Waals surface area contributed by atoms with Gasteiger partial charge in [-0.05, 0) is 29.8 Å². The predicted octanol–water partition coefficient (Wildman–Crippen LogP) is 4.81. The molecule has 0 aliphatic rings. The zero-order valence-electron chi connectivity index (χ0n) is 12.7. The number of nitrogens with zero attached hydrogens (tertiary/aromatic N) is 1. The number of rotatable bonds is 5. The van der Waals surface area contributed by atoms with E-state index < -0.39 is 0 Å². The molecule has 4 heteroatoms. The van der Waals surface area contributed by atoms with Crippen molar-refractivity contribution in [2.45, 2.75) is 20.3 Å². The minimum absolute atomic E-state index is 0.0838. The van der Waals surface area contributed by atoms with Crippen molar-refractivity contribution < 1.29 is 4.79 Å². The second kappa shape index (κ2) is 6.28. The molecule has 0 radical (unpaired) electrons. The van der Waals surface area contributed by atoms with Gasteiger partial charge in [-0.2, -0.15) is 0 Å².